The van der Waals surface area contributed by atoms with Crippen molar-refractivity contribution in [2.45, 2.75) is 33.7 Å². The van der Waals surface area contributed by atoms with Crippen molar-refractivity contribution in [3.8, 4) is 0 Å². The van der Waals surface area contributed by atoms with Crippen molar-refractivity contribution < 1.29 is 8.78 Å². The van der Waals surface area contributed by atoms with E-state index in [9.17, 15) is 8.78 Å². The quantitative estimate of drug-likeness (QED) is 0.861. The van der Waals surface area contributed by atoms with Crippen LogP contribution in [0.2, 0.25) is 0 Å². The average Bonchev–Trinajstić information content (AvgIpc) is 2.68. The van der Waals surface area contributed by atoms with E-state index in [1.807, 2.05) is 0 Å². The maximum absolute atomic E-state index is 13.9. The van der Waals surface area contributed by atoms with Gasteiger partial charge in [0.1, 0.15) is 0 Å². The Balaban J connectivity index is 2.40. The fraction of sp³-hybridized carbons (Fsp3) is 0.600. The lowest BCUT2D eigenvalue weighted by Crippen LogP contribution is -2.23. The van der Waals surface area contributed by atoms with E-state index in [1.54, 1.807) is 19.2 Å². The molecule has 2 rings (SSSR count). The Morgan fingerprint density at radius 2 is 1.67 bits per heavy atom. The smallest absolute Gasteiger partial charge is 0.163 e. The van der Waals surface area contributed by atoms with Gasteiger partial charge in [0, 0.05) is 11.6 Å². The van der Waals surface area contributed by atoms with Gasteiger partial charge in [0.25, 0.3) is 0 Å². The first-order valence-electron chi connectivity index (χ1n) is 6.36. The summed E-state index contributed by atoms with van der Waals surface area (Å²) in [5, 5.41) is 3.15. The maximum Gasteiger partial charge on any atom is 0.163 e. The molecular weight excluding hydrogens is 232 g/mol. The number of hydrogen-bond donors (Lipinski definition) is 1. The van der Waals surface area contributed by atoms with Crippen molar-refractivity contribution in [2.24, 2.45) is 16.7 Å². The molecule has 0 aliphatic heterocycles. The molecule has 0 spiro atoms. The summed E-state index contributed by atoms with van der Waals surface area (Å²) >= 11 is 0. The van der Waals surface area contributed by atoms with E-state index in [-0.39, 0.29) is 16.9 Å². The zero-order chi connectivity index (χ0) is 13.7. The highest BCUT2D eigenvalue weighted by molar-refractivity contribution is 5.29. The number of hydrogen-bond acceptors (Lipinski definition) is 1. The molecule has 1 aliphatic carbocycles. The maximum atomic E-state index is 13.9. The lowest BCUT2D eigenvalue weighted by Gasteiger charge is -2.20. The Labute approximate surface area is 108 Å². The Morgan fingerprint density at radius 3 is 2.11 bits per heavy atom. The Bertz CT molecular complexity index is 452. The predicted octanol–water partition coefficient (Wildman–Crippen LogP) is 3.91. The molecule has 100 valence electrons. The first-order chi connectivity index (χ1) is 8.25. The summed E-state index contributed by atoms with van der Waals surface area (Å²) in [6, 6.07) is 4.25. The topological polar surface area (TPSA) is 12.0 Å². The molecule has 3 heteroatoms. The van der Waals surface area contributed by atoms with Crippen LogP contribution in [0.1, 0.15) is 39.3 Å². The minimum atomic E-state index is -0.774. The summed E-state index contributed by atoms with van der Waals surface area (Å²) in [4.78, 5) is 0. The molecule has 0 radical (unpaired) electrons. The van der Waals surface area contributed by atoms with E-state index < -0.39 is 11.6 Å². The summed E-state index contributed by atoms with van der Waals surface area (Å²) in [5.41, 5.74) is 0.680. The largest absolute Gasteiger partial charge is 0.313 e. The van der Waals surface area contributed by atoms with Crippen LogP contribution in [-0.4, -0.2) is 7.05 Å². The highest BCUT2D eigenvalue weighted by Gasteiger charge is 2.67. The van der Waals surface area contributed by atoms with Crippen molar-refractivity contribution in [2.75, 3.05) is 7.05 Å². The van der Waals surface area contributed by atoms with Crippen LogP contribution < -0.4 is 5.32 Å². The standard InChI is InChI=1S/C15H21F2N/c1-14(2)13(15(14,3)4)12(18-5)9-7-6-8-10(16)11(9)17/h6-8,12-13,18H,1-5H3. The van der Waals surface area contributed by atoms with Crippen LogP contribution in [0.25, 0.3) is 0 Å². The van der Waals surface area contributed by atoms with Crippen molar-refractivity contribution in [1.29, 1.82) is 0 Å². The van der Waals surface area contributed by atoms with Crippen molar-refractivity contribution in [3.05, 3.63) is 35.4 Å². The number of halogens is 2. The SMILES string of the molecule is CNC(c1cccc(F)c1F)C1C(C)(C)C1(C)C. The second kappa shape index (κ2) is 4.02. The van der Waals surface area contributed by atoms with E-state index >= 15 is 0 Å². The van der Waals surface area contributed by atoms with Gasteiger partial charge >= 0.3 is 0 Å². The molecule has 1 nitrogen and oxygen atoms in total. The molecule has 1 fully saturated rings. The fourth-order valence-electron chi connectivity index (χ4n) is 3.34. The molecule has 0 heterocycles. The zero-order valence-corrected chi connectivity index (χ0v) is 11.6. The van der Waals surface area contributed by atoms with Gasteiger partial charge in [-0.3, -0.25) is 0 Å². The molecule has 1 aromatic rings. The minimum absolute atomic E-state index is 0.124. The van der Waals surface area contributed by atoms with Gasteiger partial charge in [0.15, 0.2) is 11.6 Å². The minimum Gasteiger partial charge on any atom is -0.313 e. The molecular formula is C15H21F2N. The number of rotatable bonds is 3. The van der Waals surface area contributed by atoms with Crippen LogP contribution >= 0.6 is 0 Å². The molecule has 0 amide bonds. The lowest BCUT2D eigenvalue weighted by atomic mass is 9.96. The highest BCUT2D eigenvalue weighted by atomic mass is 19.2. The Kier molecular flexibility index (Phi) is 3.01. The van der Waals surface area contributed by atoms with Gasteiger partial charge in [-0.1, -0.05) is 39.8 Å². The van der Waals surface area contributed by atoms with Crippen molar-refractivity contribution >= 4 is 0 Å². The summed E-state index contributed by atoms with van der Waals surface area (Å²) in [5.74, 6) is -1.20. The zero-order valence-electron chi connectivity index (χ0n) is 11.6. The molecule has 1 N–H and O–H groups in total. The average molecular weight is 253 g/mol. The first kappa shape index (κ1) is 13.5. The summed E-state index contributed by atoms with van der Waals surface area (Å²) < 4.78 is 27.3. The van der Waals surface area contributed by atoms with Gasteiger partial charge in [-0.05, 0) is 29.9 Å². The Hall–Kier alpha value is -0.960. The molecule has 0 aromatic heterocycles. The summed E-state index contributed by atoms with van der Waals surface area (Å²) in [6.45, 7) is 8.72. The van der Waals surface area contributed by atoms with Crippen LogP contribution in [0, 0.1) is 28.4 Å². The molecule has 0 bridgehead atoms. The van der Waals surface area contributed by atoms with Crippen molar-refractivity contribution in [3.63, 3.8) is 0 Å². The van der Waals surface area contributed by atoms with Gasteiger partial charge in [-0.2, -0.15) is 0 Å². The lowest BCUT2D eigenvalue weighted by molar-refractivity contribution is 0.408. The summed E-state index contributed by atoms with van der Waals surface area (Å²) in [6.07, 6.45) is 0. The van der Waals surface area contributed by atoms with Crippen LogP contribution in [0.4, 0.5) is 8.78 Å². The first-order valence-corrected chi connectivity index (χ1v) is 6.36. The summed E-state index contributed by atoms with van der Waals surface area (Å²) in [7, 11) is 1.81. The van der Waals surface area contributed by atoms with Crippen LogP contribution in [0.5, 0.6) is 0 Å². The highest BCUT2D eigenvalue weighted by Crippen LogP contribution is 2.72. The van der Waals surface area contributed by atoms with Crippen LogP contribution in [-0.2, 0) is 0 Å². The molecule has 1 aromatic carbocycles. The van der Waals surface area contributed by atoms with Gasteiger partial charge in [0.05, 0.1) is 0 Å². The second-order valence-electron chi connectivity index (χ2n) is 6.33. The molecule has 1 atom stereocenters. The fourth-order valence-corrected chi connectivity index (χ4v) is 3.34. The van der Waals surface area contributed by atoms with E-state index in [2.05, 4.69) is 33.0 Å². The molecule has 1 aliphatic rings. The van der Waals surface area contributed by atoms with E-state index in [0.717, 1.165) is 6.07 Å². The molecule has 1 unspecified atom stereocenters. The third kappa shape index (κ3) is 1.68. The van der Waals surface area contributed by atoms with Gasteiger partial charge in [-0.15, -0.1) is 0 Å². The monoisotopic (exact) mass is 253 g/mol. The van der Waals surface area contributed by atoms with Crippen LogP contribution in [0.3, 0.4) is 0 Å². The third-order valence-electron chi connectivity index (χ3n) is 5.09. The number of nitrogens with one attached hydrogen (secondary N) is 1. The van der Waals surface area contributed by atoms with Gasteiger partial charge in [0.2, 0.25) is 0 Å². The number of benzene rings is 1. The van der Waals surface area contributed by atoms with Gasteiger partial charge < -0.3 is 5.32 Å². The van der Waals surface area contributed by atoms with E-state index in [4.69, 9.17) is 0 Å². The predicted molar refractivity (Wildman–Crippen MR) is 69.2 cm³/mol. The van der Waals surface area contributed by atoms with Gasteiger partial charge in [-0.25, -0.2) is 8.78 Å². The molecule has 0 saturated heterocycles. The van der Waals surface area contributed by atoms with E-state index in [1.165, 1.54) is 0 Å². The van der Waals surface area contributed by atoms with E-state index in [0.29, 0.717) is 11.5 Å². The second-order valence-corrected chi connectivity index (χ2v) is 6.33. The normalized spacial score (nSPS) is 22.8. The third-order valence-corrected chi connectivity index (χ3v) is 5.09. The van der Waals surface area contributed by atoms with Crippen molar-refractivity contribution in [1.82, 2.24) is 5.32 Å². The molecule has 18 heavy (non-hydrogen) atoms. The molecule has 1 saturated carbocycles. The van der Waals surface area contributed by atoms with Crippen LogP contribution in [0.15, 0.2) is 18.2 Å². The Morgan fingerprint density at radius 1 is 1.11 bits per heavy atom.